The largest absolute Gasteiger partial charge is 0.573 e. The summed E-state index contributed by atoms with van der Waals surface area (Å²) in [6.07, 6.45) is -4.80. The molecule has 1 heterocycles. The van der Waals surface area contributed by atoms with Crippen molar-refractivity contribution in [2.24, 2.45) is 0 Å². The Morgan fingerprint density at radius 1 is 1.03 bits per heavy atom. The molecule has 0 radical (unpaired) electrons. The van der Waals surface area contributed by atoms with Gasteiger partial charge < -0.3 is 20.3 Å². The number of benzene rings is 2. The maximum absolute atomic E-state index is 13.4. The standard InChI is InChI=1S/C22H23F4N5O/c1-14-11-16(23)7-8-18(14)28-20-13-19(29-21(30-20)27-9-10-31(2)3)15-5-4-6-17(12-15)32-22(24,25)26/h4-8,11-13H,9-10H2,1-3H3,(H2,27,28,29,30). The summed E-state index contributed by atoms with van der Waals surface area (Å²) in [5.74, 6) is -0.00322. The van der Waals surface area contributed by atoms with Crippen LogP contribution in [0.1, 0.15) is 5.56 Å². The number of hydrogen-bond acceptors (Lipinski definition) is 6. The fourth-order valence-electron chi connectivity index (χ4n) is 2.89. The van der Waals surface area contributed by atoms with E-state index < -0.39 is 6.36 Å². The highest BCUT2D eigenvalue weighted by molar-refractivity contribution is 5.69. The van der Waals surface area contributed by atoms with Gasteiger partial charge in [0, 0.05) is 30.4 Å². The van der Waals surface area contributed by atoms with Gasteiger partial charge in [0.25, 0.3) is 0 Å². The van der Waals surface area contributed by atoms with Gasteiger partial charge in [0.15, 0.2) is 0 Å². The molecule has 6 nitrogen and oxygen atoms in total. The fraction of sp³-hybridized carbons (Fsp3) is 0.273. The molecular formula is C22H23F4N5O. The number of nitrogens with zero attached hydrogens (tertiary/aromatic N) is 3. The minimum absolute atomic E-state index is 0.300. The molecule has 1 aromatic heterocycles. The van der Waals surface area contributed by atoms with Crippen LogP contribution in [-0.4, -0.2) is 48.4 Å². The molecule has 0 aliphatic heterocycles. The molecule has 10 heteroatoms. The van der Waals surface area contributed by atoms with Crippen LogP contribution >= 0.6 is 0 Å². The average molecular weight is 449 g/mol. The lowest BCUT2D eigenvalue weighted by molar-refractivity contribution is -0.274. The van der Waals surface area contributed by atoms with Gasteiger partial charge in [-0.15, -0.1) is 13.2 Å². The van der Waals surface area contributed by atoms with E-state index in [2.05, 4.69) is 25.3 Å². The number of hydrogen-bond donors (Lipinski definition) is 2. The van der Waals surface area contributed by atoms with Gasteiger partial charge in [-0.3, -0.25) is 0 Å². The summed E-state index contributed by atoms with van der Waals surface area (Å²) in [6.45, 7) is 3.03. The molecule has 0 unspecified atom stereocenters. The van der Waals surface area contributed by atoms with Crippen LogP contribution < -0.4 is 15.4 Å². The van der Waals surface area contributed by atoms with Crippen LogP contribution in [0.5, 0.6) is 5.75 Å². The van der Waals surface area contributed by atoms with E-state index >= 15 is 0 Å². The van der Waals surface area contributed by atoms with Gasteiger partial charge in [0.05, 0.1) is 5.69 Å². The molecule has 0 spiro atoms. The van der Waals surface area contributed by atoms with Crippen molar-refractivity contribution in [1.29, 1.82) is 0 Å². The minimum atomic E-state index is -4.80. The summed E-state index contributed by atoms with van der Waals surface area (Å²) in [7, 11) is 3.85. The molecule has 0 amide bonds. The molecule has 0 fully saturated rings. The van der Waals surface area contributed by atoms with Crippen LogP contribution in [0.4, 0.5) is 35.0 Å². The molecule has 0 saturated carbocycles. The monoisotopic (exact) mass is 449 g/mol. The lowest BCUT2D eigenvalue weighted by atomic mass is 10.1. The van der Waals surface area contributed by atoms with Crippen molar-refractivity contribution in [3.8, 4) is 17.0 Å². The van der Waals surface area contributed by atoms with Crippen LogP contribution in [0.25, 0.3) is 11.3 Å². The Kier molecular flexibility index (Phi) is 7.14. The second-order valence-corrected chi connectivity index (χ2v) is 7.35. The Morgan fingerprint density at radius 2 is 1.81 bits per heavy atom. The first-order valence-electron chi connectivity index (χ1n) is 9.76. The maximum Gasteiger partial charge on any atom is 0.573 e. The van der Waals surface area contributed by atoms with E-state index in [1.54, 1.807) is 25.1 Å². The smallest absolute Gasteiger partial charge is 0.406 e. The number of aromatic nitrogens is 2. The molecule has 2 N–H and O–H groups in total. The first-order valence-corrected chi connectivity index (χ1v) is 9.76. The first-order chi connectivity index (χ1) is 15.1. The summed E-state index contributed by atoms with van der Waals surface area (Å²) in [4.78, 5) is 10.9. The van der Waals surface area contributed by atoms with Gasteiger partial charge in [-0.2, -0.15) is 4.98 Å². The number of halogens is 4. The molecular weight excluding hydrogens is 426 g/mol. The molecule has 0 saturated heterocycles. The third-order valence-corrected chi connectivity index (χ3v) is 4.38. The van der Waals surface area contributed by atoms with Gasteiger partial charge in [-0.25, -0.2) is 9.37 Å². The van der Waals surface area contributed by atoms with Crippen LogP contribution in [0.15, 0.2) is 48.5 Å². The minimum Gasteiger partial charge on any atom is -0.406 e. The van der Waals surface area contributed by atoms with E-state index in [4.69, 9.17) is 0 Å². The van der Waals surface area contributed by atoms with Crippen molar-refractivity contribution in [2.75, 3.05) is 37.8 Å². The van der Waals surface area contributed by atoms with Crippen molar-refractivity contribution in [1.82, 2.24) is 14.9 Å². The van der Waals surface area contributed by atoms with Crippen molar-refractivity contribution >= 4 is 17.5 Å². The second kappa shape index (κ2) is 9.82. The summed E-state index contributed by atoms with van der Waals surface area (Å²) < 4.78 is 55.3. The third-order valence-electron chi connectivity index (χ3n) is 4.38. The third kappa shape index (κ3) is 6.81. The lowest BCUT2D eigenvalue weighted by Crippen LogP contribution is -2.21. The van der Waals surface area contributed by atoms with Crippen molar-refractivity contribution in [3.05, 3.63) is 59.9 Å². The van der Waals surface area contributed by atoms with E-state index in [9.17, 15) is 17.6 Å². The van der Waals surface area contributed by atoms with Gasteiger partial charge >= 0.3 is 6.36 Å². The molecule has 2 aromatic carbocycles. The van der Waals surface area contributed by atoms with Gasteiger partial charge in [-0.05, 0) is 56.9 Å². The SMILES string of the molecule is Cc1cc(F)ccc1Nc1cc(-c2cccc(OC(F)(F)F)c2)nc(NCCN(C)C)n1. The molecule has 3 rings (SSSR count). The summed E-state index contributed by atoms with van der Waals surface area (Å²) in [5, 5.41) is 6.24. The molecule has 0 bridgehead atoms. The lowest BCUT2D eigenvalue weighted by Gasteiger charge is -2.15. The second-order valence-electron chi connectivity index (χ2n) is 7.35. The Morgan fingerprint density at radius 3 is 2.50 bits per heavy atom. The number of alkyl halides is 3. The highest BCUT2D eigenvalue weighted by Gasteiger charge is 2.31. The number of nitrogens with one attached hydrogen (secondary N) is 2. The first kappa shape index (κ1) is 23.3. The summed E-state index contributed by atoms with van der Waals surface area (Å²) >= 11 is 0. The van der Waals surface area contributed by atoms with Crippen molar-refractivity contribution in [3.63, 3.8) is 0 Å². The molecule has 3 aromatic rings. The Bertz CT molecular complexity index is 1070. The molecule has 170 valence electrons. The zero-order valence-electron chi connectivity index (χ0n) is 17.8. The molecule has 32 heavy (non-hydrogen) atoms. The average Bonchev–Trinajstić information content (AvgIpc) is 2.69. The predicted molar refractivity (Wildman–Crippen MR) is 116 cm³/mol. The van der Waals surface area contributed by atoms with Crippen molar-refractivity contribution < 1.29 is 22.3 Å². The van der Waals surface area contributed by atoms with E-state index in [-0.39, 0.29) is 11.6 Å². The molecule has 0 aliphatic carbocycles. The molecule has 0 aliphatic rings. The zero-order valence-corrected chi connectivity index (χ0v) is 17.8. The van der Waals surface area contributed by atoms with Gasteiger partial charge in [-0.1, -0.05) is 12.1 Å². The van der Waals surface area contributed by atoms with E-state index in [0.717, 1.165) is 6.54 Å². The summed E-state index contributed by atoms with van der Waals surface area (Å²) in [6, 6.07) is 11.5. The van der Waals surface area contributed by atoms with E-state index in [0.29, 0.717) is 40.8 Å². The van der Waals surface area contributed by atoms with Crippen LogP contribution in [0.3, 0.4) is 0 Å². The Hall–Kier alpha value is -3.40. The number of likely N-dealkylation sites (N-methyl/N-ethyl adjacent to an activating group) is 1. The van der Waals surface area contributed by atoms with E-state index in [1.807, 2.05) is 19.0 Å². The van der Waals surface area contributed by atoms with Crippen LogP contribution in [0.2, 0.25) is 0 Å². The number of anilines is 3. The van der Waals surface area contributed by atoms with Gasteiger partial charge in [0.2, 0.25) is 5.95 Å². The van der Waals surface area contributed by atoms with Crippen LogP contribution in [-0.2, 0) is 0 Å². The Balaban J connectivity index is 1.95. The molecule has 0 atom stereocenters. The number of aryl methyl sites for hydroxylation is 1. The Labute approximate surface area is 183 Å². The number of rotatable bonds is 8. The maximum atomic E-state index is 13.4. The quantitative estimate of drug-likeness (QED) is 0.461. The predicted octanol–water partition coefficient (Wildman–Crippen LogP) is 5.21. The summed E-state index contributed by atoms with van der Waals surface area (Å²) in [5.41, 5.74) is 2.13. The number of ether oxygens (including phenoxy) is 1. The van der Waals surface area contributed by atoms with Crippen molar-refractivity contribution in [2.45, 2.75) is 13.3 Å². The highest BCUT2D eigenvalue weighted by Crippen LogP contribution is 2.29. The fourth-order valence-corrected chi connectivity index (χ4v) is 2.89. The van der Waals surface area contributed by atoms with E-state index in [1.165, 1.54) is 30.3 Å². The topological polar surface area (TPSA) is 62.3 Å². The van der Waals surface area contributed by atoms with Gasteiger partial charge in [0.1, 0.15) is 17.4 Å². The zero-order chi connectivity index (χ0) is 23.3. The van der Waals surface area contributed by atoms with Crippen LogP contribution in [0, 0.1) is 12.7 Å². The normalized spacial score (nSPS) is 11.5. The highest BCUT2D eigenvalue weighted by atomic mass is 19.4.